The highest BCUT2D eigenvalue weighted by molar-refractivity contribution is 7.10. The summed E-state index contributed by atoms with van der Waals surface area (Å²) in [7, 11) is 0. The summed E-state index contributed by atoms with van der Waals surface area (Å²) in [5, 5.41) is 14.8. The Morgan fingerprint density at radius 2 is 2.19 bits per heavy atom. The van der Waals surface area contributed by atoms with Crippen LogP contribution >= 0.6 is 11.3 Å². The minimum atomic E-state index is 0.239. The quantitative estimate of drug-likeness (QED) is 0.768. The topological polar surface area (TPSA) is 32.3 Å². The van der Waals surface area contributed by atoms with Crippen molar-refractivity contribution in [1.29, 1.82) is 0 Å². The molecule has 1 rings (SSSR count). The number of thiophene rings is 1. The Kier molecular flexibility index (Phi) is 6.03. The Bertz CT molecular complexity index is 273. The van der Waals surface area contributed by atoms with Crippen molar-refractivity contribution in [2.24, 2.45) is 5.92 Å². The molecule has 2 N–H and O–H groups in total. The van der Waals surface area contributed by atoms with Crippen LogP contribution in [0.3, 0.4) is 0 Å². The molecule has 1 aromatic heterocycles. The van der Waals surface area contributed by atoms with Crippen molar-refractivity contribution >= 4 is 11.3 Å². The zero-order valence-electron chi connectivity index (χ0n) is 10.4. The molecule has 0 aromatic carbocycles. The van der Waals surface area contributed by atoms with Crippen LogP contribution in [0, 0.1) is 5.92 Å². The summed E-state index contributed by atoms with van der Waals surface area (Å²) in [4.78, 5) is 1.32. The van der Waals surface area contributed by atoms with Gasteiger partial charge in [-0.2, -0.15) is 0 Å². The van der Waals surface area contributed by atoms with Crippen molar-refractivity contribution in [1.82, 2.24) is 5.32 Å². The first-order valence-corrected chi connectivity index (χ1v) is 6.97. The van der Waals surface area contributed by atoms with Crippen LogP contribution < -0.4 is 5.32 Å². The van der Waals surface area contributed by atoms with Crippen LogP contribution in [0.1, 0.15) is 44.5 Å². The van der Waals surface area contributed by atoms with Gasteiger partial charge in [-0.05, 0) is 30.7 Å². The Morgan fingerprint density at radius 1 is 1.44 bits per heavy atom. The molecule has 0 aliphatic rings. The van der Waals surface area contributed by atoms with E-state index in [1.807, 2.05) is 0 Å². The maximum absolute atomic E-state index is 9.11. The van der Waals surface area contributed by atoms with E-state index >= 15 is 0 Å². The second-order valence-corrected chi connectivity index (χ2v) is 5.40. The van der Waals surface area contributed by atoms with Crippen LogP contribution in [0.4, 0.5) is 0 Å². The van der Waals surface area contributed by atoms with Crippen LogP contribution in [0.15, 0.2) is 17.5 Å². The van der Waals surface area contributed by atoms with Gasteiger partial charge in [0.2, 0.25) is 0 Å². The van der Waals surface area contributed by atoms with E-state index in [0.717, 1.165) is 6.42 Å². The van der Waals surface area contributed by atoms with Crippen LogP contribution in [0.25, 0.3) is 0 Å². The van der Waals surface area contributed by atoms with E-state index in [-0.39, 0.29) is 6.61 Å². The fraction of sp³-hybridized carbons (Fsp3) is 0.692. The van der Waals surface area contributed by atoms with Gasteiger partial charge in [0.15, 0.2) is 0 Å². The third-order valence-electron chi connectivity index (χ3n) is 3.27. The van der Waals surface area contributed by atoms with Crippen molar-refractivity contribution in [3.8, 4) is 0 Å². The van der Waals surface area contributed by atoms with Crippen molar-refractivity contribution < 1.29 is 5.11 Å². The number of hydrogen-bond acceptors (Lipinski definition) is 3. The normalized spacial score (nSPS) is 17.0. The molecule has 0 fully saturated rings. The standard InChI is InChI=1S/C13H23NOS/c1-4-10(2)11(3)14-12(7-8-15)13-6-5-9-16-13/h5-6,9-12,14-15H,4,7-8H2,1-3H3. The first-order valence-electron chi connectivity index (χ1n) is 6.09. The van der Waals surface area contributed by atoms with Crippen molar-refractivity contribution in [3.63, 3.8) is 0 Å². The second-order valence-electron chi connectivity index (χ2n) is 4.42. The van der Waals surface area contributed by atoms with Crippen LogP contribution in [-0.2, 0) is 0 Å². The molecule has 0 radical (unpaired) electrons. The molecule has 0 aliphatic carbocycles. The zero-order valence-corrected chi connectivity index (χ0v) is 11.3. The molecule has 0 aliphatic heterocycles. The molecule has 0 saturated heterocycles. The number of aliphatic hydroxyl groups excluding tert-OH is 1. The Balaban J connectivity index is 2.58. The minimum absolute atomic E-state index is 0.239. The summed E-state index contributed by atoms with van der Waals surface area (Å²) in [6, 6.07) is 5.00. The molecular weight excluding hydrogens is 218 g/mol. The van der Waals surface area contributed by atoms with Crippen molar-refractivity contribution in [2.75, 3.05) is 6.61 Å². The molecule has 3 unspecified atom stereocenters. The number of aliphatic hydroxyl groups is 1. The van der Waals surface area contributed by atoms with Crippen LogP contribution in [0.2, 0.25) is 0 Å². The van der Waals surface area contributed by atoms with Gasteiger partial charge in [0.25, 0.3) is 0 Å². The largest absolute Gasteiger partial charge is 0.396 e. The molecule has 0 saturated carbocycles. The lowest BCUT2D eigenvalue weighted by Crippen LogP contribution is -2.35. The summed E-state index contributed by atoms with van der Waals surface area (Å²) in [5.74, 6) is 0.668. The first kappa shape index (κ1) is 13.7. The van der Waals surface area contributed by atoms with Crippen LogP contribution in [0.5, 0.6) is 0 Å². The van der Waals surface area contributed by atoms with E-state index in [9.17, 15) is 0 Å². The summed E-state index contributed by atoms with van der Waals surface area (Å²) in [6.45, 7) is 6.95. The van der Waals surface area contributed by atoms with Crippen molar-refractivity contribution in [2.45, 2.75) is 45.7 Å². The molecular formula is C13H23NOS. The third kappa shape index (κ3) is 3.89. The fourth-order valence-corrected chi connectivity index (χ4v) is 2.58. The van der Waals surface area contributed by atoms with Gasteiger partial charge in [-0.15, -0.1) is 11.3 Å². The smallest absolute Gasteiger partial charge is 0.0449 e. The molecule has 1 aromatic rings. The minimum Gasteiger partial charge on any atom is -0.396 e. The van der Waals surface area contributed by atoms with Gasteiger partial charge in [-0.3, -0.25) is 0 Å². The third-order valence-corrected chi connectivity index (χ3v) is 4.25. The van der Waals surface area contributed by atoms with Gasteiger partial charge in [-0.1, -0.05) is 26.3 Å². The van der Waals surface area contributed by atoms with E-state index in [2.05, 4.69) is 43.6 Å². The molecule has 3 atom stereocenters. The monoisotopic (exact) mass is 241 g/mol. The summed E-state index contributed by atoms with van der Waals surface area (Å²) >= 11 is 1.76. The maximum Gasteiger partial charge on any atom is 0.0449 e. The highest BCUT2D eigenvalue weighted by atomic mass is 32.1. The lowest BCUT2D eigenvalue weighted by molar-refractivity contribution is 0.251. The lowest BCUT2D eigenvalue weighted by atomic mass is 9.99. The first-order chi connectivity index (χ1) is 7.69. The van der Waals surface area contributed by atoms with Crippen molar-refractivity contribution in [3.05, 3.63) is 22.4 Å². The van der Waals surface area contributed by atoms with E-state index in [1.165, 1.54) is 11.3 Å². The molecule has 3 heteroatoms. The van der Waals surface area contributed by atoms with E-state index < -0.39 is 0 Å². The highest BCUT2D eigenvalue weighted by Gasteiger charge is 2.17. The molecule has 2 nitrogen and oxygen atoms in total. The van der Waals surface area contributed by atoms with E-state index in [0.29, 0.717) is 18.0 Å². The Morgan fingerprint density at radius 3 is 2.69 bits per heavy atom. The number of rotatable bonds is 7. The predicted octanol–water partition coefficient (Wildman–Crippen LogP) is 3.20. The summed E-state index contributed by atoms with van der Waals surface area (Å²) in [5.41, 5.74) is 0. The van der Waals surface area contributed by atoms with Gasteiger partial charge in [0.1, 0.15) is 0 Å². The molecule has 0 amide bonds. The van der Waals surface area contributed by atoms with Gasteiger partial charge >= 0.3 is 0 Å². The average Bonchev–Trinajstić information content (AvgIpc) is 2.80. The second kappa shape index (κ2) is 7.05. The number of hydrogen-bond donors (Lipinski definition) is 2. The average molecular weight is 241 g/mol. The summed E-state index contributed by atoms with van der Waals surface area (Å²) < 4.78 is 0. The molecule has 0 spiro atoms. The van der Waals surface area contributed by atoms with Gasteiger partial charge < -0.3 is 10.4 Å². The SMILES string of the molecule is CCC(C)C(C)NC(CCO)c1cccs1. The van der Waals surface area contributed by atoms with Gasteiger partial charge in [0, 0.05) is 23.6 Å². The zero-order chi connectivity index (χ0) is 12.0. The lowest BCUT2D eigenvalue weighted by Gasteiger charge is -2.26. The van der Waals surface area contributed by atoms with E-state index in [1.54, 1.807) is 11.3 Å². The highest BCUT2D eigenvalue weighted by Crippen LogP contribution is 2.23. The molecule has 1 heterocycles. The molecule has 16 heavy (non-hydrogen) atoms. The van der Waals surface area contributed by atoms with Crippen LogP contribution in [-0.4, -0.2) is 17.8 Å². The Labute approximate surface area is 103 Å². The van der Waals surface area contributed by atoms with Gasteiger partial charge in [0.05, 0.1) is 0 Å². The summed E-state index contributed by atoms with van der Waals surface area (Å²) in [6.07, 6.45) is 1.98. The molecule has 92 valence electrons. The Hall–Kier alpha value is -0.380. The number of nitrogens with one attached hydrogen (secondary N) is 1. The van der Waals surface area contributed by atoms with E-state index in [4.69, 9.17) is 5.11 Å². The molecule has 0 bridgehead atoms. The maximum atomic E-state index is 9.11. The fourth-order valence-electron chi connectivity index (χ4n) is 1.76. The van der Waals surface area contributed by atoms with Gasteiger partial charge in [-0.25, -0.2) is 0 Å². The predicted molar refractivity (Wildman–Crippen MR) is 70.8 cm³/mol.